The third-order valence-electron chi connectivity index (χ3n) is 5.52. The fraction of sp³-hybridized carbons (Fsp3) is 0.304. The number of aliphatic hydroxyl groups excluding tert-OH is 1. The minimum absolute atomic E-state index is 0.0710. The molecule has 7 nitrogen and oxygen atoms in total. The van der Waals surface area contributed by atoms with Crippen LogP contribution in [0.1, 0.15) is 41.4 Å². The summed E-state index contributed by atoms with van der Waals surface area (Å²) in [5.41, 5.74) is -0.537. The highest BCUT2D eigenvalue weighted by Gasteiger charge is 2.23. The molecule has 0 aliphatic heterocycles. The molecule has 3 rings (SSSR count). The van der Waals surface area contributed by atoms with E-state index in [1.165, 1.54) is 31.5 Å². The van der Waals surface area contributed by atoms with E-state index in [9.17, 15) is 29.3 Å². The summed E-state index contributed by atoms with van der Waals surface area (Å²) in [6, 6.07) is 4.96. The van der Waals surface area contributed by atoms with Gasteiger partial charge in [-0.05, 0) is 29.7 Å². The topological polar surface area (TPSA) is 109 Å². The number of ether oxygens (including phenoxy) is 1. The van der Waals surface area contributed by atoms with E-state index in [1.807, 2.05) is 13.8 Å². The average Bonchev–Trinajstić information content (AvgIpc) is 2.75. The van der Waals surface area contributed by atoms with Crippen molar-refractivity contribution in [2.75, 3.05) is 13.7 Å². The maximum absolute atomic E-state index is 14.5. The summed E-state index contributed by atoms with van der Waals surface area (Å²) in [6.07, 6.45) is 1.07. The zero-order valence-corrected chi connectivity index (χ0v) is 18.5. The number of carbonyl (C=O) groups is 1. The number of benzene rings is 2. The monoisotopic (exact) mass is 463 g/mol. The molecule has 0 amide bonds. The molecule has 3 N–H and O–H groups in total. The Labute approximate surface area is 188 Å². The van der Waals surface area contributed by atoms with Gasteiger partial charge in [0.1, 0.15) is 22.9 Å². The lowest BCUT2D eigenvalue weighted by atomic mass is 9.98. The molecule has 32 heavy (non-hydrogen) atoms. The first kappa shape index (κ1) is 23.6. The van der Waals surface area contributed by atoms with Gasteiger partial charge in [-0.25, -0.2) is 9.18 Å². The smallest absolute Gasteiger partial charge is 0.341 e. The molecule has 1 aromatic heterocycles. The maximum Gasteiger partial charge on any atom is 0.341 e. The van der Waals surface area contributed by atoms with Crippen molar-refractivity contribution in [2.45, 2.75) is 26.3 Å². The fourth-order valence-electron chi connectivity index (χ4n) is 3.74. The van der Waals surface area contributed by atoms with E-state index in [-0.39, 0.29) is 40.7 Å². The van der Waals surface area contributed by atoms with Crippen molar-refractivity contribution < 1.29 is 29.2 Å². The second-order valence-electron chi connectivity index (χ2n) is 7.80. The Hall–Kier alpha value is -3.10. The van der Waals surface area contributed by atoms with E-state index >= 15 is 0 Å². The lowest BCUT2D eigenvalue weighted by Gasteiger charge is -2.25. The largest absolute Gasteiger partial charge is 0.508 e. The zero-order valence-electron chi connectivity index (χ0n) is 17.7. The molecule has 0 saturated heterocycles. The summed E-state index contributed by atoms with van der Waals surface area (Å²) in [5.74, 6) is -2.29. The van der Waals surface area contributed by atoms with Crippen LogP contribution in [-0.2, 0) is 6.42 Å². The van der Waals surface area contributed by atoms with E-state index in [0.717, 1.165) is 0 Å². The number of carboxylic acid groups (broad SMARTS) is 1. The van der Waals surface area contributed by atoms with E-state index in [2.05, 4.69) is 0 Å². The Morgan fingerprint density at radius 1 is 1.28 bits per heavy atom. The van der Waals surface area contributed by atoms with Gasteiger partial charge in [-0.1, -0.05) is 25.4 Å². The molecule has 0 saturated carbocycles. The number of halogens is 2. The number of hydrogen-bond donors (Lipinski definition) is 3. The summed E-state index contributed by atoms with van der Waals surface area (Å²) in [5, 5.41) is 29.5. The first-order valence-electron chi connectivity index (χ1n) is 9.86. The van der Waals surface area contributed by atoms with Gasteiger partial charge in [0.15, 0.2) is 0 Å². The van der Waals surface area contributed by atoms with Gasteiger partial charge in [0.05, 0.1) is 30.3 Å². The highest BCUT2D eigenvalue weighted by molar-refractivity contribution is 6.30. The van der Waals surface area contributed by atoms with Crippen molar-refractivity contribution in [2.24, 2.45) is 5.92 Å². The molecule has 1 atom stereocenters. The van der Waals surface area contributed by atoms with Crippen LogP contribution in [0.3, 0.4) is 0 Å². The van der Waals surface area contributed by atoms with Gasteiger partial charge in [0, 0.05) is 29.6 Å². The molecule has 0 radical (unpaired) electrons. The second-order valence-corrected chi connectivity index (χ2v) is 8.20. The number of phenols is 1. The number of pyridine rings is 1. The summed E-state index contributed by atoms with van der Waals surface area (Å²) < 4.78 is 21.5. The Kier molecular flexibility index (Phi) is 6.76. The number of methoxy groups -OCH3 is 1. The standard InChI is InChI=1S/C23H23ClFNO6/c1-11(2)18(10-27)26-9-15(23(30)31)22(29)13-6-12(20(32-3)8-17(13)26)7-14-19(28)5-4-16(24)21(14)25/h4-6,8-9,11,18,27-28H,7,10H2,1-3H3,(H,30,31)/t18-/m1/s1. The molecule has 0 unspecified atom stereocenters. The predicted molar refractivity (Wildman–Crippen MR) is 119 cm³/mol. The maximum atomic E-state index is 14.5. The molecule has 1 heterocycles. The molecule has 0 fully saturated rings. The normalized spacial score (nSPS) is 12.3. The molecule has 2 aromatic carbocycles. The number of aromatic nitrogens is 1. The third-order valence-corrected chi connectivity index (χ3v) is 5.81. The van der Waals surface area contributed by atoms with Gasteiger partial charge in [0.25, 0.3) is 0 Å². The summed E-state index contributed by atoms with van der Waals surface area (Å²) in [7, 11) is 1.40. The Bertz CT molecular complexity index is 1250. The first-order valence-corrected chi connectivity index (χ1v) is 10.2. The van der Waals surface area contributed by atoms with E-state index < -0.39 is 28.8 Å². The fourth-order valence-corrected chi connectivity index (χ4v) is 3.91. The van der Waals surface area contributed by atoms with Crippen LogP contribution >= 0.6 is 11.6 Å². The van der Waals surface area contributed by atoms with Crippen LogP contribution in [0.25, 0.3) is 10.9 Å². The number of rotatable bonds is 7. The molecule has 0 bridgehead atoms. The average molecular weight is 464 g/mol. The van der Waals surface area contributed by atoms with Gasteiger partial charge < -0.3 is 24.6 Å². The number of aromatic carboxylic acids is 1. The number of aliphatic hydroxyl groups is 1. The molecule has 170 valence electrons. The first-order chi connectivity index (χ1) is 15.1. The van der Waals surface area contributed by atoms with Crippen molar-refractivity contribution >= 4 is 28.5 Å². The molecule has 0 aliphatic rings. The van der Waals surface area contributed by atoms with Crippen LogP contribution in [0.15, 0.2) is 35.3 Å². The lowest BCUT2D eigenvalue weighted by Crippen LogP contribution is -2.25. The minimum atomic E-state index is -1.40. The summed E-state index contributed by atoms with van der Waals surface area (Å²) in [6.45, 7) is 3.45. The van der Waals surface area contributed by atoms with Crippen LogP contribution in [0.4, 0.5) is 4.39 Å². The van der Waals surface area contributed by atoms with Crippen LogP contribution < -0.4 is 10.2 Å². The van der Waals surface area contributed by atoms with E-state index in [4.69, 9.17) is 16.3 Å². The zero-order chi connectivity index (χ0) is 23.7. The van der Waals surface area contributed by atoms with Gasteiger partial charge >= 0.3 is 5.97 Å². The van der Waals surface area contributed by atoms with Crippen LogP contribution in [0.5, 0.6) is 11.5 Å². The van der Waals surface area contributed by atoms with Crippen LogP contribution in [0.2, 0.25) is 5.02 Å². The number of aromatic hydroxyl groups is 1. The lowest BCUT2D eigenvalue weighted by molar-refractivity contribution is 0.0694. The highest BCUT2D eigenvalue weighted by Crippen LogP contribution is 2.34. The minimum Gasteiger partial charge on any atom is -0.508 e. The molecular formula is C23H23ClFNO6. The summed E-state index contributed by atoms with van der Waals surface area (Å²) >= 11 is 5.84. The van der Waals surface area contributed by atoms with Crippen molar-refractivity contribution in [3.05, 3.63) is 68.2 Å². The Balaban J connectivity index is 2.34. The van der Waals surface area contributed by atoms with Crippen molar-refractivity contribution in [1.82, 2.24) is 4.57 Å². The Morgan fingerprint density at radius 2 is 1.97 bits per heavy atom. The molecule has 3 aromatic rings. The van der Waals surface area contributed by atoms with Gasteiger partial charge in [-0.3, -0.25) is 4.79 Å². The quantitative estimate of drug-likeness (QED) is 0.489. The number of fused-ring (bicyclic) bond motifs is 1. The number of phenolic OH excluding ortho intramolecular Hbond substituents is 1. The van der Waals surface area contributed by atoms with Crippen molar-refractivity contribution in [3.63, 3.8) is 0 Å². The summed E-state index contributed by atoms with van der Waals surface area (Å²) in [4.78, 5) is 24.7. The highest BCUT2D eigenvalue weighted by atomic mass is 35.5. The van der Waals surface area contributed by atoms with Gasteiger partial charge in [-0.2, -0.15) is 0 Å². The molecule has 0 aliphatic carbocycles. The number of nitrogens with zero attached hydrogens (tertiary/aromatic N) is 1. The molecular weight excluding hydrogens is 441 g/mol. The van der Waals surface area contributed by atoms with Crippen LogP contribution in [-0.4, -0.2) is 39.6 Å². The molecule has 9 heteroatoms. The van der Waals surface area contributed by atoms with Crippen molar-refractivity contribution in [3.8, 4) is 11.5 Å². The van der Waals surface area contributed by atoms with Crippen molar-refractivity contribution in [1.29, 1.82) is 0 Å². The van der Waals surface area contributed by atoms with E-state index in [0.29, 0.717) is 16.8 Å². The SMILES string of the molecule is COc1cc2c(cc1Cc1c(O)ccc(Cl)c1F)c(=O)c(C(=O)O)cn2[C@H](CO)C(C)C. The molecule has 0 spiro atoms. The number of carboxylic acids is 1. The van der Waals surface area contributed by atoms with Gasteiger partial charge in [-0.15, -0.1) is 0 Å². The predicted octanol–water partition coefficient (Wildman–Crippen LogP) is 3.99. The Morgan fingerprint density at radius 3 is 2.53 bits per heavy atom. The van der Waals surface area contributed by atoms with E-state index in [1.54, 1.807) is 10.6 Å². The third kappa shape index (κ3) is 4.16. The second kappa shape index (κ2) is 9.18. The van der Waals surface area contributed by atoms with Gasteiger partial charge in [0.2, 0.25) is 5.43 Å². The number of hydrogen-bond acceptors (Lipinski definition) is 5. The van der Waals surface area contributed by atoms with Crippen LogP contribution in [0, 0.1) is 11.7 Å².